The molecule has 0 bridgehead atoms. The molecule has 7 heteroatoms. The van der Waals surface area contributed by atoms with Gasteiger partial charge < -0.3 is 9.80 Å². The van der Waals surface area contributed by atoms with E-state index in [9.17, 15) is 14.4 Å². The smallest absolute Gasteiger partial charge is 0.264 e. The van der Waals surface area contributed by atoms with Crippen LogP contribution in [0.5, 0.6) is 0 Å². The second kappa shape index (κ2) is 10.4. The molecule has 0 unspecified atom stereocenters. The van der Waals surface area contributed by atoms with E-state index in [1.165, 1.54) is 10.5 Å². The van der Waals surface area contributed by atoms with Gasteiger partial charge in [-0.05, 0) is 61.4 Å². The van der Waals surface area contributed by atoms with Crippen LogP contribution in [0.25, 0.3) is 0 Å². The topological polar surface area (TPSA) is 73.8 Å². The van der Waals surface area contributed by atoms with Crippen LogP contribution in [0.2, 0.25) is 0 Å². The predicted molar refractivity (Wildman–Crippen MR) is 145 cm³/mol. The number of rotatable bonds is 5. The van der Waals surface area contributed by atoms with Crippen molar-refractivity contribution in [3.05, 3.63) is 95.3 Å². The van der Waals surface area contributed by atoms with Crippen molar-refractivity contribution in [2.24, 2.45) is 5.92 Å². The van der Waals surface area contributed by atoms with Crippen molar-refractivity contribution < 1.29 is 14.4 Å². The molecule has 3 amide bonds. The predicted octanol–water partition coefficient (Wildman–Crippen LogP) is 4.50. The van der Waals surface area contributed by atoms with Gasteiger partial charge in [0.25, 0.3) is 11.8 Å². The van der Waals surface area contributed by atoms with Crippen molar-refractivity contribution in [1.82, 2.24) is 14.8 Å². The van der Waals surface area contributed by atoms with Gasteiger partial charge >= 0.3 is 0 Å². The number of piperidine rings is 2. The van der Waals surface area contributed by atoms with E-state index in [0.29, 0.717) is 35.8 Å². The summed E-state index contributed by atoms with van der Waals surface area (Å²) >= 11 is 0. The molecule has 4 heterocycles. The summed E-state index contributed by atoms with van der Waals surface area (Å²) in [6, 6.07) is 21.6. The Labute approximate surface area is 223 Å². The standard InChI is InChI=1S/C31H32N4O3/c36-29(34-19-12-23(13-20-34)22-7-2-1-3-8-22)24-14-17-33(18-15-24)27-11-6-10-26-28(27)31(38)35(30(26)37)21-25-9-4-5-16-32-25/h1-11,16,23-24H,12-15,17-21H2. The SMILES string of the molecule is O=C(C1CCN(c2cccc3c2C(=O)N(Cc2ccccn2)C3=O)CC1)N1CCC(c2ccccc2)CC1. The molecule has 3 aliphatic heterocycles. The summed E-state index contributed by atoms with van der Waals surface area (Å²) in [6.07, 6.45) is 5.18. The molecule has 194 valence electrons. The maximum atomic E-state index is 13.4. The van der Waals surface area contributed by atoms with E-state index in [2.05, 4.69) is 39.0 Å². The number of amides is 3. The number of likely N-dealkylation sites (tertiary alicyclic amines) is 1. The second-order valence-corrected chi connectivity index (χ2v) is 10.5. The van der Waals surface area contributed by atoms with Crippen LogP contribution in [0.1, 0.15) is 63.6 Å². The minimum atomic E-state index is -0.276. The van der Waals surface area contributed by atoms with Gasteiger partial charge in [-0.15, -0.1) is 0 Å². The Kier molecular flexibility index (Phi) is 6.66. The Morgan fingerprint density at radius 3 is 2.24 bits per heavy atom. The molecule has 0 aliphatic carbocycles. The van der Waals surface area contributed by atoms with Gasteiger partial charge in [-0.3, -0.25) is 24.3 Å². The Morgan fingerprint density at radius 1 is 0.789 bits per heavy atom. The highest BCUT2D eigenvalue weighted by Crippen LogP contribution is 2.35. The highest BCUT2D eigenvalue weighted by atomic mass is 16.2. The van der Waals surface area contributed by atoms with Crippen LogP contribution in [-0.2, 0) is 11.3 Å². The Bertz CT molecular complexity index is 1330. The molecule has 0 N–H and O–H groups in total. The van der Waals surface area contributed by atoms with E-state index in [1.54, 1.807) is 12.3 Å². The normalized spacial score (nSPS) is 18.7. The molecule has 0 spiro atoms. The molecule has 6 rings (SSSR count). The van der Waals surface area contributed by atoms with E-state index in [1.807, 2.05) is 36.4 Å². The molecule has 38 heavy (non-hydrogen) atoms. The largest absolute Gasteiger partial charge is 0.371 e. The van der Waals surface area contributed by atoms with E-state index < -0.39 is 0 Å². The quantitative estimate of drug-likeness (QED) is 0.475. The number of fused-ring (bicyclic) bond motifs is 1. The van der Waals surface area contributed by atoms with Gasteiger partial charge in [0.05, 0.1) is 29.1 Å². The van der Waals surface area contributed by atoms with Gasteiger partial charge in [-0.1, -0.05) is 42.5 Å². The van der Waals surface area contributed by atoms with Crippen molar-refractivity contribution in [3.63, 3.8) is 0 Å². The number of anilines is 1. The van der Waals surface area contributed by atoms with E-state index >= 15 is 0 Å². The summed E-state index contributed by atoms with van der Waals surface area (Å²) in [4.78, 5) is 49.6. The first-order chi connectivity index (χ1) is 18.6. The Morgan fingerprint density at radius 2 is 1.53 bits per heavy atom. The molecule has 2 aromatic carbocycles. The van der Waals surface area contributed by atoms with Gasteiger partial charge in [-0.2, -0.15) is 0 Å². The zero-order chi connectivity index (χ0) is 26.1. The van der Waals surface area contributed by atoms with Gasteiger partial charge in [0.15, 0.2) is 0 Å². The lowest BCUT2D eigenvalue weighted by atomic mass is 9.88. The zero-order valence-corrected chi connectivity index (χ0v) is 21.5. The van der Waals surface area contributed by atoms with Crippen molar-refractivity contribution in [2.75, 3.05) is 31.1 Å². The summed E-state index contributed by atoms with van der Waals surface area (Å²) in [7, 11) is 0. The summed E-state index contributed by atoms with van der Waals surface area (Å²) in [5, 5.41) is 0. The fourth-order valence-corrected chi connectivity index (χ4v) is 6.16. The third kappa shape index (κ3) is 4.57. The molecule has 0 radical (unpaired) electrons. The van der Waals surface area contributed by atoms with Crippen LogP contribution in [0.4, 0.5) is 5.69 Å². The Balaban J connectivity index is 1.09. The molecular formula is C31H32N4O3. The Hall–Kier alpha value is -4.00. The number of carbonyl (C=O) groups is 3. The van der Waals surface area contributed by atoms with Crippen LogP contribution in [-0.4, -0.2) is 58.7 Å². The average Bonchev–Trinajstić information content (AvgIpc) is 3.23. The fourth-order valence-electron chi connectivity index (χ4n) is 6.16. The van der Waals surface area contributed by atoms with E-state index in [-0.39, 0.29) is 30.2 Å². The summed E-state index contributed by atoms with van der Waals surface area (Å²) in [5.74, 6) is 0.253. The van der Waals surface area contributed by atoms with E-state index in [0.717, 1.165) is 44.5 Å². The van der Waals surface area contributed by atoms with Gasteiger partial charge in [0.2, 0.25) is 5.91 Å². The lowest BCUT2D eigenvalue weighted by Gasteiger charge is -2.38. The van der Waals surface area contributed by atoms with Crippen LogP contribution in [0.3, 0.4) is 0 Å². The van der Waals surface area contributed by atoms with Crippen LogP contribution < -0.4 is 4.90 Å². The number of hydrogen-bond donors (Lipinski definition) is 0. The van der Waals surface area contributed by atoms with Crippen molar-refractivity contribution in [2.45, 2.75) is 38.1 Å². The third-order valence-corrected chi connectivity index (χ3v) is 8.29. The van der Waals surface area contributed by atoms with Crippen molar-refractivity contribution in [1.29, 1.82) is 0 Å². The average molecular weight is 509 g/mol. The number of pyridine rings is 1. The first kappa shape index (κ1) is 24.3. The molecule has 7 nitrogen and oxygen atoms in total. The highest BCUT2D eigenvalue weighted by molar-refractivity contribution is 6.23. The number of nitrogens with zero attached hydrogens (tertiary/aromatic N) is 4. The summed E-state index contributed by atoms with van der Waals surface area (Å²) in [6.45, 7) is 3.16. The number of benzene rings is 2. The lowest BCUT2D eigenvalue weighted by molar-refractivity contribution is -0.137. The first-order valence-electron chi connectivity index (χ1n) is 13.6. The van der Waals surface area contributed by atoms with Gasteiger partial charge in [-0.25, -0.2) is 0 Å². The second-order valence-electron chi connectivity index (χ2n) is 10.5. The van der Waals surface area contributed by atoms with Crippen LogP contribution in [0, 0.1) is 5.92 Å². The molecule has 0 atom stereocenters. The fraction of sp³-hybridized carbons (Fsp3) is 0.355. The lowest BCUT2D eigenvalue weighted by Crippen LogP contribution is -2.45. The molecule has 3 aromatic rings. The minimum absolute atomic E-state index is 0.00859. The molecule has 3 aliphatic rings. The van der Waals surface area contributed by atoms with Gasteiger partial charge in [0, 0.05) is 38.3 Å². The molecule has 2 fully saturated rings. The molecular weight excluding hydrogens is 476 g/mol. The number of aromatic nitrogens is 1. The van der Waals surface area contributed by atoms with Crippen LogP contribution in [0.15, 0.2) is 72.9 Å². The summed E-state index contributed by atoms with van der Waals surface area (Å²) < 4.78 is 0. The van der Waals surface area contributed by atoms with Crippen LogP contribution >= 0.6 is 0 Å². The van der Waals surface area contributed by atoms with Crippen molar-refractivity contribution >= 4 is 23.4 Å². The number of hydrogen-bond acceptors (Lipinski definition) is 5. The minimum Gasteiger partial charge on any atom is -0.371 e. The number of carbonyl (C=O) groups excluding carboxylic acids is 3. The molecule has 2 saturated heterocycles. The molecule has 0 saturated carbocycles. The monoisotopic (exact) mass is 508 g/mol. The molecule has 1 aromatic heterocycles. The van der Waals surface area contributed by atoms with Crippen molar-refractivity contribution in [3.8, 4) is 0 Å². The maximum Gasteiger partial charge on any atom is 0.264 e. The van der Waals surface area contributed by atoms with E-state index in [4.69, 9.17) is 0 Å². The zero-order valence-electron chi connectivity index (χ0n) is 21.5. The van der Waals surface area contributed by atoms with Gasteiger partial charge in [0.1, 0.15) is 0 Å². The number of imide groups is 1. The highest BCUT2D eigenvalue weighted by Gasteiger charge is 2.39. The summed E-state index contributed by atoms with van der Waals surface area (Å²) in [5.41, 5.74) is 3.76. The maximum absolute atomic E-state index is 13.4. The third-order valence-electron chi connectivity index (χ3n) is 8.29. The first-order valence-corrected chi connectivity index (χ1v) is 13.6.